The molecular formula is C26H30N4. The van der Waals surface area contributed by atoms with Crippen LogP contribution in [-0.2, 0) is 6.42 Å². The van der Waals surface area contributed by atoms with Gasteiger partial charge < -0.3 is 5.32 Å². The average molecular weight is 399 g/mol. The third-order valence-corrected chi connectivity index (χ3v) is 5.65. The van der Waals surface area contributed by atoms with Crippen LogP contribution in [0.3, 0.4) is 0 Å². The molecule has 4 nitrogen and oxygen atoms in total. The molecule has 0 aliphatic carbocycles. The van der Waals surface area contributed by atoms with Crippen molar-refractivity contribution in [2.45, 2.75) is 47.0 Å². The summed E-state index contributed by atoms with van der Waals surface area (Å²) >= 11 is 0. The van der Waals surface area contributed by atoms with E-state index >= 15 is 0 Å². The molecule has 1 aliphatic rings. The van der Waals surface area contributed by atoms with Gasteiger partial charge in [0.05, 0.1) is 11.4 Å². The van der Waals surface area contributed by atoms with Crippen LogP contribution in [0.5, 0.6) is 0 Å². The quantitative estimate of drug-likeness (QED) is 0.451. The van der Waals surface area contributed by atoms with Crippen LogP contribution in [0, 0.1) is 20.8 Å². The van der Waals surface area contributed by atoms with Gasteiger partial charge in [0.15, 0.2) is 0 Å². The minimum absolute atomic E-state index is 0.701. The number of nitrogens with one attached hydrogen (secondary N) is 3. The number of aryl methyl sites for hydroxylation is 4. The van der Waals surface area contributed by atoms with Crippen molar-refractivity contribution in [1.82, 2.24) is 5.43 Å². The van der Waals surface area contributed by atoms with Crippen LogP contribution in [0.4, 0.5) is 17.1 Å². The minimum Gasteiger partial charge on any atom is -0.325 e. The van der Waals surface area contributed by atoms with Gasteiger partial charge in [0.1, 0.15) is 0 Å². The van der Waals surface area contributed by atoms with Crippen LogP contribution < -0.4 is 16.2 Å². The van der Waals surface area contributed by atoms with Crippen molar-refractivity contribution in [3.05, 3.63) is 76.9 Å². The predicted octanol–water partition coefficient (Wildman–Crippen LogP) is 6.65. The van der Waals surface area contributed by atoms with Crippen LogP contribution in [-0.4, -0.2) is 5.96 Å². The van der Waals surface area contributed by atoms with Crippen LogP contribution in [0.15, 0.2) is 59.6 Å². The lowest BCUT2D eigenvalue weighted by Gasteiger charge is -2.23. The average Bonchev–Trinajstić information content (AvgIpc) is 2.74. The lowest BCUT2D eigenvalue weighted by molar-refractivity contribution is 0.795. The third kappa shape index (κ3) is 4.18. The molecule has 3 N–H and O–H groups in total. The van der Waals surface area contributed by atoms with Crippen molar-refractivity contribution < 1.29 is 0 Å². The molecule has 3 aromatic rings. The standard InChI is InChI=1S/C26H30N4/c1-5-6-10-20-11-13-22(14-12-20)27-26-28-25-19(4)15-21(16-23(25)29-30-26)24-17(2)8-7-9-18(24)3/h7-9,11-16,29H,5-6,10H2,1-4H3,(H2,27,28,30). The second-order valence-corrected chi connectivity index (χ2v) is 8.09. The maximum Gasteiger partial charge on any atom is 0.220 e. The molecule has 154 valence electrons. The number of hydrazine groups is 1. The molecule has 0 spiro atoms. The first-order valence-electron chi connectivity index (χ1n) is 10.7. The molecule has 0 unspecified atom stereocenters. The maximum atomic E-state index is 4.82. The number of aliphatic imine (C=N–C) groups is 1. The highest BCUT2D eigenvalue weighted by molar-refractivity contribution is 6.00. The Labute approximate surface area is 179 Å². The fraction of sp³-hybridized carbons (Fsp3) is 0.269. The second kappa shape index (κ2) is 8.62. The monoisotopic (exact) mass is 398 g/mol. The van der Waals surface area contributed by atoms with Gasteiger partial charge in [-0.3, -0.25) is 10.9 Å². The Morgan fingerprint density at radius 1 is 0.867 bits per heavy atom. The summed E-state index contributed by atoms with van der Waals surface area (Å²) in [5, 5.41) is 3.37. The number of rotatable bonds is 5. The number of fused-ring (bicyclic) bond motifs is 1. The smallest absolute Gasteiger partial charge is 0.220 e. The number of nitrogens with zero attached hydrogens (tertiary/aromatic N) is 1. The highest BCUT2D eigenvalue weighted by Gasteiger charge is 2.16. The fourth-order valence-electron chi connectivity index (χ4n) is 4.04. The topological polar surface area (TPSA) is 48.5 Å². The van der Waals surface area contributed by atoms with Crippen LogP contribution >= 0.6 is 0 Å². The summed E-state index contributed by atoms with van der Waals surface area (Å²) in [5.41, 5.74) is 17.1. The highest BCUT2D eigenvalue weighted by atomic mass is 15.4. The van der Waals surface area contributed by atoms with Gasteiger partial charge in [0.2, 0.25) is 5.96 Å². The Morgan fingerprint density at radius 3 is 2.30 bits per heavy atom. The Balaban J connectivity index is 1.58. The minimum atomic E-state index is 0.701. The molecule has 0 saturated heterocycles. The van der Waals surface area contributed by atoms with Crippen LogP contribution in [0.1, 0.15) is 42.0 Å². The Hall–Kier alpha value is -3.27. The summed E-state index contributed by atoms with van der Waals surface area (Å²) < 4.78 is 0. The molecule has 30 heavy (non-hydrogen) atoms. The van der Waals surface area contributed by atoms with E-state index in [0.717, 1.165) is 29.0 Å². The molecular weight excluding hydrogens is 368 g/mol. The number of hydrogen-bond acceptors (Lipinski definition) is 4. The van der Waals surface area contributed by atoms with Crippen LogP contribution in [0.25, 0.3) is 11.1 Å². The number of benzene rings is 3. The van der Waals surface area contributed by atoms with E-state index in [0.29, 0.717) is 5.96 Å². The van der Waals surface area contributed by atoms with E-state index in [1.807, 2.05) is 0 Å². The zero-order valence-corrected chi connectivity index (χ0v) is 18.3. The molecule has 4 rings (SSSR count). The van der Waals surface area contributed by atoms with Crippen molar-refractivity contribution in [3.63, 3.8) is 0 Å². The third-order valence-electron chi connectivity index (χ3n) is 5.65. The lowest BCUT2D eigenvalue weighted by atomic mass is 9.93. The van der Waals surface area contributed by atoms with Gasteiger partial charge in [-0.1, -0.05) is 43.7 Å². The van der Waals surface area contributed by atoms with Gasteiger partial charge >= 0.3 is 0 Å². The van der Waals surface area contributed by atoms with E-state index in [9.17, 15) is 0 Å². The SMILES string of the molecule is CCCCc1ccc(NC2=Nc3c(C)cc(-c4c(C)cccc4C)cc3NN2)cc1. The van der Waals surface area contributed by atoms with Crippen molar-refractivity contribution in [2.75, 3.05) is 10.7 Å². The van der Waals surface area contributed by atoms with E-state index in [-0.39, 0.29) is 0 Å². The lowest BCUT2D eigenvalue weighted by Crippen LogP contribution is -2.37. The summed E-state index contributed by atoms with van der Waals surface area (Å²) in [4.78, 5) is 4.82. The molecule has 0 bridgehead atoms. The van der Waals surface area contributed by atoms with Crippen LogP contribution in [0.2, 0.25) is 0 Å². The molecule has 0 aromatic heterocycles. The van der Waals surface area contributed by atoms with Gasteiger partial charge in [-0.2, -0.15) is 0 Å². The van der Waals surface area contributed by atoms with E-state index in [1.165, 1.54) is 40.7 Å². The Bertz CT molecular complexity index is 1060. The zero-order chi connectivity index (χ0) is 21.1. The van der Waals surface area contributed by atoms with E-state index in [4.69, 9.17) is 4.99 Å². The first-order chi connectivity index (χ1) is 14.5. The maximum absolute atomic E-state index is 4.82. The van der Waals surface area contributed by atoms with Crippen molar-refractivity contribution in [3.8, 4) is 11.1 Å². The first-order valence-corrected chi connectivity index (χ1v) is 10.7. The molecule has 0 atom stereocenters. The Kier molecular flexibility index (Phi) is 5.75. The summed E-state index contributed by atoms with van der Waals surface area (Å²) in [5.74, 6) is 0.701. The molecule has 3 aromatic carbocycles. The summed E-state index contributed by atoms with van der Waals surface area (Å²) in [6.07, 6.45) is 3.58. The number of hydrogen-bond donors (Lipinski definition) is 3. The highest BCUT2D eigenvalue weighted by Crippen LogP contribution is 2.37. The number of guanidine groups is 1. The summed E-state index contributed by atoms with van der Waals surface area (Å²) in [7, 11) is 0. The summed E-state index contributed by atoms with van der Waals surface area (Å²) in [6.45, 7) is 8.67. The number of anilines is 2. The number of unbranched alkanes of at least 4 members (excludes halogenated alkanes) is 1. The van der Waals surface area contributed by atoms with Crippen molar-refractivity contribution >= 4 is 23.0 Å². The largest absolute Gasteiger partial charge is 0.325 e. The van der Waals surface area contributed by atoms with E-state index < -0.39 is 0 Å². The zero-order valence-electron chi connectivity index (χ0n) is 18.3. The molecule has 4 heteroatoms. The van der Waals surface area contributed by atoms with E-state index in [1.54, 1.807) is 0 Å². The molecule has 0 saturated carbocycles. The molecule has 0 radical (unpaired) electrons. The summed E-state index contributed by atoms with van der Waals surface area (Å²) in [6, 6.07) is 19.4. The van der Waals surface area contributed by atoms with Crippen molar-refractivity contribution in [2.24, 2.45) is 4.99 Å². The van der Waals surface area contributed by atoms with Crippen molar-refractivity contribution in [1.29, 1.82) is 0 Å². The first kappa shape index (κ1) is 20.0. The normalized spacial score (nSPS) is 12.5. The molecule has 0 fully saturated rings. The van der Waals surface area contributed by atoms with E-state index in [2.05, 4.69) is 98.5 Å². The van der Waals surface area contributed by atoms with Gasteiger partial charge in [-0.15, -0.1) is 0 Å². The predicted molar refractivity (Wildman–Crippen MR) is 129 cm³/mol. The van der Waals surface area contributed by atoms with Gasteiger partial charge in [0.25, 0.3) is 0 Å². The second-order valence-electron chi connectivity index (χ2n) is 8.09. The molecule has 1 heterocycles. The molecule has 0 amide bonds. The molecule has 1 aliphatic heterocycles. The van der Waals surface area contributed by atoms with Gasteiger partial charge in [-0.05, 0) is 91.3 Å². The Morgan fingerprint density at radius 2 is 1.60 bits per heavy atom. The van der Waals surface area contributed by atoms with Gasteiger partial charge in [-0.25, -0.2) is 4.99 Å². The van der Waals surface area contributed by atoms with Gasteiger partial charge in [0, 0.05) is 5.69 Å². The fourth-order valence-corrected chi connectivity index (χ4v) is 4.04.